The molecule has 146 valence electrons. The Bertz CT molecular complexity index is 966. The second kappa shape index (κ2) is 6.98. The number of hydrogen-bond acceptors (Lipinski definition) is 3. The van der Waals surface area contributed by atoms with E-state index in [-0.39, 0.29) is 18.3 Å². The Balaban J connectivity index is 1.58. The van der Waals surface area contributed by atoms with Crippen molar-refractivity contribution in [1.29, 1.82) is 0 Å². The van der Waals surface area contributed by atoms with Crippen LogP contribution in [-0.4, -0.2) is 23.7 Å². The fraction of sp³-hybridized carbons (Fsp3) is 0.286. The van der Waals surface area contributed by atoms with E-state index in [0.717, 1.165) is 23.3 Å². The first-order chi connectivity index (χ1) is 13.3. The van der Waals surface area contributed by atoms with Crippen LogP contribution < -0.4 is 10.1 Å². The first-order valence-electron chi connectivity index (χ1n) is 8.96. The molecule has 0 fully saturated rings. The normalized spacial score (nSPS) is 19.7. The highest BCUT2D eigenvalue weighted by molar-refractivity contribution is 6.05. The van der Waals surface area contributed by atoms with Gasteiger partial charge in [0, 0.05) is 30.2 Å². The summed E-state index contributed by atoms with van der Waals surface area (Å²) in [4.78, 5) is 12.5. The molecule has 2 aliphatic rings. The van der Waals surface area contributed by atoms with E-state index < -0.39 is 17.8 Å². The van der Waals surface area contributed by atoms with E-state index in [2.05, 4.69) is 5.32 Å². The summed E-state index contributed by atoms with van der Waals surface area (Å²) in [5.74, 6) is -0.235. The number of amides is 1. The van der Waals surface area contributed by atoms with E-state index in [0.29, 0.717) is 36.1 Å². The fourth-order valence-electron chi connectivity index (χ4n) is 3.71. The number of nitrogens with one attached hydrogen (secondary N) is 1. The Morgan fingerprint density at radius 2 is 2.04 bits per heavy atom. The molecule has 2 N–H and O–H groups in total. The van der Waals surface area contributed by atoms with Crippen molar-refractivity contribution in [3.63, 3.8) is 0 Å². The molecule has 0 aromatic heterocycles. The van der Waals surface area contributed by atoms with E-state index in [9.17, 15) is 23.1 Å². The van der Waals surface area contributed by atoms with Gasteiger partial charge in [-0.25, -0.2) is 0 Å². The smallest absolute Gasteiger partial charge is 0.416 e. The first kappa shape index (κ1) is 18.6. The molecule has 0 saturated carbocycles. The van der Waals surface area contributed by atoms with Crippen LogP contribution in [0.2, 0.25) is 0 Å². The maximum Gasteiger partial charge on any atom is 0.416 e. The predicted molar refractivity (Wildman–Crippen MR) is 98.0 cm³/mol. The highest BCUT2D eigenvalue weighted by atomic mass is 19.4. The lowest BCUT2D eigenvalue weighted by molar-refractivity contribution is -0.137. The molecule has 28 heavy (non-hydrogen) atoms. The Labute approximate surface area is 159 Å². The number of ether oxygens (including phenoxy) is 1. The summed E-state index contributed by atoms with van der Waals surface area (Å²) in [6.45, 7) is 0.209. The van der Waals surface area contributed by atoms with E-state index in [4.69, 9.17) is 4.74 Å². The molecule has 7 heteroatoms. The van der Waals surface area contributed by atoms with Crippen LogP contribution >= 0.6 is 0 Å². The van der Waals surface area contributed by atoms with Gasteiger partial charge in [0.15, 0.2) is 0 Å². The van der Waals surface area contributed by atoms with Gasteiger partial charge >= 0.3 is 6.18 Å². The monoisotopic (exact) mass is 389 g/mol. The van der Waals surface area contributed by atoms with E-state index in [1.807, 2.05) is 12.1 Å². The molecule has 0 bridgehead atoms. The first-order valence-corrected chi connectivity index (χ1v) is 8.96. The van der Waals surface area contributed by atoms with Crippen LogP contribution in [0.1, 0.15) is 28.7 Å². The van der Waals surface area contributed by atoms with Gasteiger partial charge in [0.1, 0.15) is 5.75 Å². The summed E-state index contributed by atoms with van der Waals surface area (Å²) >= 11 is 0. The number of carbonyl (C=O) groups is 1. The van der Waals surface area contributed by atoms with Crippen molar-refractivity contribution < 1.29 is 27.8 Å². The minimum absolute atomic E-state index is 0.129. The lowest BCUT2D eigenvalue weighted by Crippen LogP contribution is -2.14. The van der Waals surface area contributed by atoms with Gasteiger partial charge in [-0.15, -0.1) is 0 Å². The highest BCUT2D eigenvalue weighted by Crippen LogP contribution is 2.38. The van der Waals surface area contributed by atoms with Crippen molar-refractivity contribution in [3.05, 3.63) is 64.7 Å². The number of alkyl halides is 3. The Hall–Kier alpha value is -2.80. The molecule has 1 aliphatic carbocycles. The van der Waals surface area contributed by atoms with Crippen molar-refractivity contribution in [3.8, 4) is 5.75 Å². The third kappa shape index (κ3) is 3.62. The van der Waals surface area contributed by atoms with Crippen molar-refractivity contribution in [2.45, 2.75) is 31.5 Å². The zero-order valence-corrected chi connectivity index (χ0v) is 14.8. The van der Waals surface area contributed by atoms with Gasteiger partial charge in [0.2, 0.25) is 5.91 Å². The molecular weight excluding hydrogens is 371 g/mol. The molecule has 4 rings (SSSR count). The van der Waals surface area contributed by atoms with Gasteiger partial charge in [0.25, 0.3) is 0 Å². The van der Waals surface area contributed by atoms with Crippen LogP contribution in [0, 0.1) is 0 Å². The zero-order chi connectivity index (χ0) is 19.9. The summed E-state index contributed by atoms with van der Waals surface area (Å²) in [6, 6.07) is 8.82. The fourth-order valence-corrected chi connectivity index (χ4v) is 3.71. The number of rotatable bonds is 2. The Kier molecular flexibility index (Phi) is 4.63. The molecule has 0 spiro atoms. The van der Waals surface area contributed by atoms with Crippen LogP contribution in [0.3, 0.4) is 0 Å². The maximum absolute atomic E-state index is 12.9. The van der Waals surface area contributed by atoms with Crippen molar-refractivity contribution in [1.82, 2.24) is 0 Å². The SMILES string of the molecule is O=C(/C=C1\CCOc2cc(C(F)(F)F)ccc21)Nc1cccc2c1CC(O)C2. The number of benzene rings is 2. The molecule has 1 atom stereocenters. The standard InChI is InChI=1S/C21H18F3NO3/c22-21(23,24)14-4-5-16-13(6-7-28-19(16)10-14)9-20(27)25-18-3-1-2-12-8-15(26)11-17(12)18/h1-5,9-10,15,26H,6-8,11H2,(H,25,27)/b13-9+. The van der Waals surface area contributed by atoms with Gasteiger partial charge in [-0.05, 0) is 41.3 Å². The lowest BCUT2D eigenvalue weighted by atomic mass is 9.97. The molecule has 2 aromatic carbocycles. The number of fused-ring (bicyclic) bond motifs is 2. The maximum atomic E-state index is 12.9. The molecule has 2 aromatic rings. The number of aliphatic hydroxyl groups excluding tert-OH is 1. The number of halogens is 3. The summed E-state index contributed by atoms with van der Waals surface area (Å²) < 4.78 is 44.0. The average Bonchev–Trinajstić information content (AvgIpc) is 3.02. The quantitative estimate of drug-likeness (QED) is 0.765. The van der Waals surface area contributed by atoms with E-state index >= 15 is 0 Å². The topological polar surface area (TPSA) is 58.6 Å². The molecular formula is C21H18F3NO3. The summed E-state index contributed by atoms with van der Waals surface area (Å²) in [6.07, 6.45) is -2.02. The Morgan fingerprint density at radius 1 is 1.21 bits per heavy atom. The second-order valence-corrected chi connectivity index (χ2v) is 6.97. The summed E-state index contributed by atoms with van der Waals surface area (Å²) in [5.41, 5.74) is 2.91. The van der Waals surface area contributed by atoms with Gasteiger partial charge in [-0.3, -0.25) is 4.79 Å². The number of hydrogen-bond donors (Lipinski definition) is 2. The predicted octanol–water partition coefficient (Wildman–Crippen LogP) is 3.97. The number of carbonyl (C=O) groups excluding carboxylic acids is 1. The van der Waals surface area contributed by atoms with E-state index in [1.165, 1.54) is 12.1 Å². The van der Waals surface area contributed by atoms with Crippen molar-refractivity contribution in [2.75, 3.05) is 11.9 Å². The molecule has 1 aliphatic heterocycles. The van der Waals surface area contributed by atoms with Crippen molar-refractivity contribution >= 4 is 17.2 Å². The minimum atomic E-state index is -4.45. The lowest BCUT2D eigenvalue weighted by Gasteiger charge is -2.21. The van der Waals surface area contributed by atoms with Gasteiger partial charge in [0.05, 0.1) is 18.3 Å². The van der Waals surface area contributed by atoms with Gasteiger partial charge in [-0.1, -0.05) is 18.2 Å². The number of anilines is 1. The number of aliphatic hydroxyl groups is 1. The Morgan fingerprint density at radius 3 is 2.82 bits per heavy atom. The van der Waals surface area contributed by atoms with Crippen LogP contribution in [0.15, 0.2) is 42.5 Å². The summed E-state index contributed by atoms with van der Waals surface area (Å²) in [5, 5.41) is 12.7. The van der Waals surface area contributed by atoms with Gasteiger partial charge in [-0.2, -0.15) is 13.2 Å². The largest absolute Gasteiger partial charge is 0.493 e. The third-order valence-electron chi connectivity index (χ3n) is 5.02. The molecule has 4 nitrogen and oxygen atoms in total. The van der Waals surface area contributed by atoms with Crippen LogP contribution in [0.4, 0.5) is 18.9 Å². The van der Waals surface area contributed by atoms with Crippen LogP contribution in [0.5, 0.6) is 5.75 Å². The zero-order valence-electron chi connectivity index (χ0n) is 14.8. The summed E-state index contributed by atoms with van der Waals surface area (Å²) in [7, 11) is 0. The van der Waals surface area contributed by atoms with Crippen LogP contribution in [-0.2, 0) is 23.8 Å². The van der Waals surface area contributed by atoms with Crippen LogP contribution in [0.25, 0.3) is 5.57 Å². The van der Waals surface area contributed by atoms with Crippen molar-refractivity contribution in [2.24, 2.45) is 0 Å². The molecule has 1 amide bonds. The molecule has 1 unspecified atom stereocenters. The average molecular weight is 389 g/mol. The third-order valence-corrected chi connectivity index (χ3v) is 5.02. The molecule has 1 heterocycles. The highest BCUT2D eigenvalue weighted by Gasteiger charge is 2.32. The molecule has 0 radical (unpaired) electrons. The van der Waals surface area contributed by atoms with E-state index in [1.54, 1.807) is 6.07 Å². The minimum Gasteiger partial charge on any atom is -0.493 e. The second-order valence-electron chi connectivity index (χ2n) is 6.97. The molecule has 0 saturated heterocycles. The van der Waals surface area contributed by atoms with Gasteiger partial charge < -0.3 is 15.2 Å².